The van der Waals surface area contributed by atoms with Crippen molar-refractivity contribution in [1.29, 1.82) is 0 Å². The quantitative estimate of drug-likeness (QED) is 0.345. The van der Waals surface area contributed by atoms with Gasteiger partial charge in [-0.05, 0) is 73.1 Å². The van der Waals surface area contributed by atoms with Gasteiger partial charge in [0.2, 0.25) is 0 Å². The van der Waals surface area contributed by atoms with Gasteiger partial charge in [-0.3, -0.25) is 0 Å². The van der Waals surface area contributed by atoms with E-state index >= 15 is 0 Å². The van der Waals surface area contributed by atoms with Gasteiger partial charge in [-0.15, -0.1) is 0 Å². The Hall–Kier alpha value is 0.0169. The summed E-state index contributed by atoms with van der Waals surface area (Å²) in [6.07, 6.45) is 1.16. The fourth-order valence-electron chi connectivity index (χ4n) is 3.99. The van der Waals surface area contributed by atoms with Crippen molar-refractivity contribution in [2.24, 2.45) is 5.41 Å². The Morgan fingerprint density at radius 3 is 1.30 bits per heavy atom. The third-order valence-corrected chi connectivity index (χ3v) is 9.54. The van der Waals surface area contributed by atoms with E-state index < -0.39 is 8.56 Å². The molecule has 0 aromatic rings. The molecule has 164 valence electrons. The van der Waals surface area contributed by atoms with Crippen molar-refractivity contribution in [2.45, 2.75) is 60.1 Å². The fraction of sp³-hybridized carbons (Fsp3) is 1.00. The third-order valence-electron chi connectivity index (χ3n) is 5.83. The molecule has 0 unspecified atom stereocenters. The lowest BCUT2D eigenvalue weighted by atomic mass is 9.83. The zero-order chi connectivity index (χ0) is 20.9. The Bertz CT molecular complexity index is 334. The SMILES string of the molecule is CCO[Si](CC)(CCC(CN(C)CC)(CN(C)CC)CN(C)CC)OCC. The smallest absolute Gasteiger partial charge is 0.337 e. The van der Waals surface area contributed by atoms with Crippen LogP contribution in [0, 0.1) is 5.41 Å². The molecule has 0 bridgehead atoms. The maximum atomic E-state index is 6.28. The maximum Gasteiger partial charge on any atom is 0.337 e. The second-order valence-corrected chi connectivity index (χ2v) is 11.7. The summed E-state index contributed by atoms with van der Waals surface area (Å²) in [6, 6.07) is 2.11. The summed E-state index contributed by atoms with van der Waals surface area (Å²) in [5, 5.41) is 0. The Morgan fingerprint density at radius 2 is 1.04 bits per heavy atom. The summed E-state index contributed by atoms with van der Waals surface area (Å²) in [7, 11) is 4.64. The largest absolute Gasteiger partial charge is 0.394 e. The molecule has 5 nitrogen and oxygen atoms in total. The third kappa shape index (κ3) is 9.86. The molecule has 0 rings (SSSR count). The molecule has 0 radical (unpaired) electrons. The topological polar surface area (TPSA) is 28.2 Å². The molecule has 0 aromatic heterocycles. The molecule has 0 N–H and O–H groups in total. The van der Waals surface area contributed by atoms with E-state index in [1.165, 1.54) is 0 Å². The first-order valence-corrected chi connectivity index (χ1v) is 13.3. The van der Waals surface area contributed by atoms with E-state index in [1.54, 1.807) is 0 Å². The molecule has 0 heterocycles. The van der Waals surface area contributed by atoms with E-state index in [1.807, 2.05) is 0 Å². The predicted molar refractivity (Wildman–Crippen MR) is 121 cm³/mol. The van der Waals surface area contributed by atoms with Gasteiger partial charge < -0.3 is 23.6 Å². The molecule has 6 heteroatoms. The van der Waals surface area contributed by atoms with Crippen molar-refractivity contribution < 1.29 is 8.85 Å². The summed E-state index contributed by atoms with van der Waals surface area (Å²) in [6.45, 7) is 21.3. The highest BCUT2D eigenvalue weighted by atomic mass is 28.4. The summed E-state index contributed by atoms with van der Waals surface area (Å²) in [5.41, 5.74) is 0.224. The molecule has 0 saturated carbocycles. The molecule has 0 fully saturated rings. The van der Waals surface area contributed by atoms with Gasteiger partial charge in [0.15, 0.2) is 0 Å². The Morgan fingerprint density at radius 1 is 0.667 bits per heavy atom. The van der Waals surface area contributed by atoms with Crippen molar-refractivity contribution in [3.63, 3.8) is 0 Å². The van der Waals surface area contributed by atoms with Crippen LogP contribution in [0.1, 0.15) is 48.0 Å². The van der Waals surface area contributed by atoms with Crippen LogP contribution in [0.3, 0.4) is 0 Å². The molecular formula is C21H49N3O2Si. The minimum absolute atomic E-state index is 0.224. The van der Waals surface area contributed by atoms with Gasteiger partial charge in [-0.1, -0.05) is 27.7 Å². The van der Waals surface area contributed by atoms with Crippen molar-refractivity contribution in [3.05, 3.63) is 0 Å². The Balaban J connectivity index is 5.65. The lowest BCUT2D eigenvalue weighted by Gasteiger charge is -2.43. The molecule has 0 aliphatic carbocycles. The van der Waals surface area contributed by atoms with Crippen molar-refractivity contribution in [3.8, 4) is 0 Å². The van der Waals surface area contributed by atoms with Gasteiger partial charge in [-0.25, -0.2) is 0 Å². The van der Waals surface area contributed by atoms with Crippen LogP contribution < -0.4 is 0 Å². The average molecular weight is 404 g/mol. The van der Waals surface area contributed by atoms with E-state index in [4.69, 9.17) is 8.85 Å². The number of hydrogen-bond acceptors (Lipinski definition) is 5. The minimum atomic E-state index is -2.12. The van der Waals surface area contributed by atoms with Crippen LogP contribution in [-0.4, -0.2) is 96.9 Å². The van der Waals surface area contributed by atoms with Crippen LogP contribution in [0.5, 0.6) is 0 Å². The van der Waals surface area contributed by atoms with E-state index in [0.717, 1.165) is 71.0 Å². The second kappa shape index (κ2) is 14.1. The number of nitrogens with zero attached hydrogens (tertiary/aromatic N) is 3. The van der Waals surface area contributed by atoms with E-state index in [0.29, 0.717) is 0 Å². The highest BCUT2D eigenvalue weighted by Crippen LogP contribution is 2.33. The monoisotopic (exact) mass is 403 g/mol. The maximum absolute atomic E-state index is 6.28. The molecular weight excluding hydrogens is 354 g/mol. The molecule has 0 aliphatic rings. The van der Waals surface area contributed by atoms with Gasteiger partial charge in [0.1, 0.15) is 0 Å². The summed E-state index contributed by atoms with van der Waals surface area (Å²) >= 11 is 0. The molecule has 0 atom stereocenters. The minimum Gasteiger partial charge on any atom is -0.394 e. The van der Waals surface area contributed by atoms with Gasteiger partial charge in [0, 0.05) is 38.3 Å². The highest BCUT2D eigenvalue weighted by molar-refractivity contribution is 6.67. The molecule has 0 aliphatic heterocycles. The first-order valence-electron chi connectivity index (χ1n) is 11.1. The van der Waals surface area contributed by atoms with E-state index in [9.17, 15) is 0 Å². The Labute approximate surface area is 171 Å². The van der Waals surface area contributed by atoms with Gasteiger partial charge in [-0.2, -0.15) is 0 Å². The number of hydrogen-bond donors (Lipinski definition) is 0. The van der Waals surface area contributed by atoms with Crippen molar-refractivity contribution in [2.75, 3.05) is 73.6 Å². The molecule has 27 heavy (non-hydrogen) atoms. The first kappa shape index (κ1) is 27.0. The molecule has 0 saturated heterocycles. The lowest BCUT2D eigenvalue weighted by Crippen LogP contribution is -2.52. The molecule has 0 amide bonds. The van der Waals surface area contributed by atoms with E-state index in [-0.39, 0.29) is 5.41 Å². The fourth-order valence-corrected chi connectivity index (χ4v) is 7.09. The van der Waals surface area contributed by atoms with Gasteiger partial charge in [0.05, 0.1) is 0 Å². The molecule has 0 aromatic carbocycles. The van der Waals surface area contributed by atoms with Crippen molar-refractivity contribution in [1.82, 2.24) is 14.7 Å². The number of rotatable bonds is 17. The van der Waals surface area contributed by atoms with Crippen LogP contribution in [-0.2, 0) is 8.85 Å². The van der Waals surface area contributed by atoms with Gasteiger partial charge in [0.25, 0.3) is 0 Å². The predicted octanol–water partition coefficient (Wildman–Crippen LogP) is 3.75. The molecule has 0 spiro atoms. The van der Waals surface area contributed by atoms with Crippen LogP contribution in [0.2, 0.25) is 12.1 Å². The summed E-state index contributed by atoms with van der Waals surface area (Å²) in [4.78, 5) is 7.43. The first-order chi connectivity index (χ1) is 12.8. The van der Waals surface area contributed by atoms with Crippen LogP contribution >= 0.6 is 0 Å². The summed E-state index contributed by atoms with van der Waals surface area (Å²) < 4.78 is 12.6. The van der Waals surface area contributed by atoms with Crippen LogP contribution in [0.15, 0.2) is 0 Å². The lowest BCUT2D eigenvalue weighted by molar-refractivity contribution is 0.0751. The second-order valence-electron chi connectivity index (χ2n) is 8.12. The standard InChI is InChI=1S/C21H49N3O2Si/c1-10-22(7)18-21(19-23(8)11-2,20-24(9)12-3)16-17-27(15-6,25-13-4)26-14-5/h10-20H2,1-9H3. The van der Waals surface area contributed by atoms with Crippen molar-refractivity contribution >= 4 is 8.56 Å². The van der Waals surface area contributed by atoms with Gasteiger partial charge >= 0.3 is 8.56 Å². The Kier molecular flexibility index (Phi) is 14.1. The highest BCUT2D eigenvalue weighted by Gasteiger charge is 2.41. The van der Waals surface area contributed by atoms with Crippen LogP contribution in [0.4, 0.5) is 0 Å². The van der Waals surface area contributed by atoms with E-state index in [2.05, 4.69) is 77.4 Å². The zero-order valence-corrected chi connectivity index (χ0v) is 20.9. The normalized spacial score (nSPS) is 13.3. The summed E-state index contributed by atoms with van der Waals surface area (Å²) in [5.74, 6) is 0. The van der Waals surface area contributed by atoms with Crippen LogP contribution in [0.25, 0.3) is 0 Å². The zero-order valence-electron chi connectivity index (χ0n) is 19.9. The average Bonchev–Trinajstić information content (AvgIpc) is 2.66.